The third-order valence-corrected chi connectivity index (χ3v) is 5.74. The molecule has 1 aliphatic carbocycles. The molecule has 1 amide bonds. The summed E-state index contributed by atoms with van der Waals surface area (Å²) in [6, 6.07) is 7.03. The number of ether oxygens (including phenoxy) is 1. The van der Waals surface area contributed by atoms with Gasteiger partial charge in [-0.05, 0) is 50.5 Å². The summed E-state index contributed by atoms with van der Waals surface area (Å²) in [5, 5.41) is 7.58. The van der Waals surface area contributed by atoms with Gasteiger partial charge in [-0.1, -0.05) is 0 Å². The summed E-state index contributed by atoms with van der Waals surface area (Å²) in [7, 11) is 0. The van der Waals surface area contributed by atoms with Crippen molar-refractivity contribution in [2.75, 3.05) is 16.8 Å². The standard InChI is InChI=1S/C21H20F2N4O2/c1-11-21(28)26-25-20-10-29-19-8-15(14-6-5-12(22)7-16(14)23)17(9-18(19)27(11)20)24-13-3-2-4-13/h5-9,11,13,24H,2-4,10H2,1H3,(H,26,28)/t11-/m1/s1. The zero-order valence-electron chi connectivity index (χ0n) is 15.8. The van der Waals surface area contributed by atoms with Crippen molar-refractivity contribution in [2.24, 2.45) is 5.10 Å². The number of carbonyl (C=O) groups excluding carboxylic acids is 1. The Morgan fingerprint density at radius 1 is 1.21 bits per heavy atom. The van der Waals surface area contributed by atoms with Crippen LogP contribution in [0.25, 0.3) is 11.1 Å². The second-order valence-electron chi connectivity index (χ2n) is 7.60. The number of hydrogen-bond donors (Lipinski definition) is 2. The maximum absolute atomic E-state index is 14.6. The van der Waals surface area contributed by atoms with E-state index < -0.39 is 17.7 Å². The Morgan fingerprint density at radius 3 is 2.76 bits per heavy atom. The summed E-state index contributed by atoms with van der Waals surface area (Å²) in [6.45, 7) is 1.99. The molecule has 2 aromatic rings. The van der Waals surface area contributed by atoms with Gasteiger partial charge < -0.3 is 15.0 Å². The first kappa shape index (κ1) is 17.9. The van der Waals surface area contributed by atoms with Crippen molar-refractivity contribution in [2.45, 2.75) is 38.3 Å². The number of amides is 1. The van der Waals surface area contributed by atoms with Crippen LogP contribution in [0.1, 0.15) is 26.2 Å². The number of nitrogens with one attached hydrogen (secondary N) is 2. The Hall–Kier alpha value is -3.16. The largest absolute Gasteiger partial charge is 0.483 e. The van der Waals surface area contributed by atoms with E-state index in [1.165, 1.54) is 12.1 Å². The van der Waals surface area contributed by atoms with Crippen molar-refractivity contribution in [3.8, 4) is 16.9 Å². The molecule has 6 nitrogen and oxygen atoms in total. The van der Waals surface area contributed by atoms with E-state index in [-0.39, 0.29) is 12.5 Å². The fraction of sp³-hybridized carbons (Fsp3) is 0.333. The van der Waals surface area contributed by atoms with Gasteiger partial charge in [0.25, 0.3) is 5.91 Å². The number of benzene rings is 2. The smallest absolute Gasteiger partial charge is 0.262 e. The van der Waals surface area contributed by atoms with Gasteiger partial charge in [-0.2, -0.15) is 5.10 Å². The molecule has 0 radical (unpaired) electrons. The highest BCUT2D eigenvalue weighted by molar-refractivity contribution is 6.10. The second-order valence-corrected chi connectivity index (χ2v) is 7.60. The molecule has 0 spiro atoms. The maximum Gasteiger partial charge on any atom is 0.262 e. The molecule has 0 unspecified atom stereocenters. The highest BCUT2D eigenvalue weighted by atomic mass is 19.1. The van der Waals surface area contributed by atoms with Gasteiger partial charge in [0, 0.05) is 28.9 Å². The number of halogens is 2. The quantitative estimate of drug-likeness (QED) is 0.829. The number of carbonyl (C=O) groups is 1. The lowest BCUT2D eigenvalue weighted by atomic mass is 9.91. The van der Waals surface area contributed by atoms with Crippen LogP contribution in [0.2, 0.25) is 0 Å². The molecular formula is C21H20F2N4O2. The lowest BCUT2D eigenvalue weighted by Gasteiger charge is -2.39. The molecule has 0 aromatic heterocycles. The van der Waals surface area contributed by atoms with Gasteiger partial charge in [-0.25, -0.2) is 14.2 Å². The minimum atomic E-state index is -0.634. The van der Waals surface area contributed by atoms with Gasteiger partial charge in [0.1, 0.15) is 30.0 Å². The summed E-state index contributed by atoms with van der Waals surface area (Å²) in [5.74, 6) is -0.319. The van der Waals surface area contributed by atoms with Crippen molar-refractivity contribution in [3.63, 3.8) is 0 Å². The summed E-state index contributed by atoms with van der Waals surface area (Å²) < 4.78 is 33.9. The van der Waals surface area contributed by atoms with Crippen molar-refractivity contribution >= 4 is 23.1 Å². The van der Waals surface area contributed by atoms with Crippen molar-refractivity contribution < 1.29 is 18.3 Å². The van der Waals surface area contributed by atoms with E-state index in [2.05, 4.69) is 15.8 Å². The number of nitrogens with zero attached hydrogens (tertiary/aromatic N) is 2. The van der Waals surface area contributed by atoms with Crippen LogP contribution in [-0.2, 0) is 4.79 Å². The Labute approximate surface area is 166 Å². The average Bonchev–Trinajstić information content (AvgIpc) is 2.67. The zero-order chi connectivity index (χ0) is 20.1. The molecule has 1 atom stereocenters. The van der Waals surface area contributed by atoms with Crippen LogP contribution in [0.3, 0.4) is 0 Å². The number of hydrazone groups is 1. The lowest BCUT2D eigenvalue weighted by Crippen LogP contribution is -2.55. The van der Waals surface area contributed by atoms with Crippen LogP contribution in [0, 0.1) is 11.6 Å². The first-order valence-electron chi connectivity index (χ1n) is 9.69. The van der Waals surface area contributed by atoms with Crippen LogP contribution in [-0.4, -0.2) is 30.4 Å². The van der Waals surface area contributed by atoms with E-state index in [9.17, 15) is 13.6 Å². The summed E-state index contributed by atoms with van der Waals surface area (Å²) in [4.78, 5) is 14.0. The predicted octanol–water partition coefficient (Wildman–Crippen LogP) is 3.63. The highest BCUT2D eigenvalue weighted by Crippen LogP contribution is 2.44. The minimum absolute atomic E-state index is 0.193. The number of fused-ring (bicyclic) bond motifs is 3. The van der Waals surface area contributed by atoms with Crippen LogP contribution >= 0.6 is 0 Å². The van der Waals surface area contributed by atoms with Crippen molar-refractivity contribution in [1.82, 2.24) is 5.43 Å². The monoisotopic (exact) mass is 398 g/mol. The molecule has 1 saturated carbocycles. The second kappa shape index (κ2) is 6.72. The van der Waals surface area contributed by atoms with Crippen molar-refractivity contribution in [3.05, 3.63) is 42.0 Å². The first-order chi connectivity index (χ1) is 14.0. The molecule has 2 N–H and O–H groups in total. The van der Waals surface area contributed by atoms with Gasteiger partial charge in [0.2, 0.25) is 0 Å². The molecular weight excluding hydrogens is 378 g/mol. The Morgan fingerprint density at radius 2 is 2.03 bits per heavy atom. The van der Waals surface area contributed by atoms with Gasteiger partial charge in [-0.3, -0.25) is 4.79 Å². The molecule has 2 aromatic carbocycles. The van der Waals surface area contributed by atoms with E-state index in [0.717, 1.165) is 31.0 Å². The normalized spacial score (nSPS) is 20.7. The lowest BCUT2D eigenvalue weighted by molar-refractivity contribution is -0.122. The highest BCUT2D eigenvalue weighted by Gasteiger charge is 2.36. The maximum atomic E-state index is 14.6. The number of rotatable bonds is 3. The third kappa shape index (κ3) is 2.99. The average molecular weight is 398 g/mol. The third-order valence-electron chi connectivity index (χ3n) is 5.74. The fourth-order valence-electron chi connectivity index (χ4n) is 3.89. The van der Waals surface area contributed by atoms with Crippen LogP contribution in [0.15, 0.2) is 35.4 Å². The fourth-order valence-corrected chi connectivity index (χ4v) is 3.89. The molecule has 2 aliphatic heterocycles. The zero-order valence-corrected chi connectivity index (χ0v) is 15.8. The number of hydrogen-bond acceptors (Lipinski definition) is 5. The van der Waals surface area contributed by atoms with Gasteiger partial charge in [0.05, 0.1) is 5.69 Å². The number of amidine groups is 1. The van der Waals surface area contributed by atoms with Gasteiger partial charge in [0.15, 0.2) is 5.84 Å². The van der Waals surface area contributed by atoms with Crippen LogP contribution in [0.5, 0.6) is 5.75 Å². The molecule has 2 heterocycles. The van der Waals surface area contributed by atoms with Gasteiger partial charge in [-0.15, -0.1) is 0 Å². The minimum Gasteiger partial charge on any atom is -0.483 e. The van der Waals surface area contributed by atoms with Gasteiger partial charge >= 0.3 is 0 Å². The molecule has 3 aliphatic rings. The molecule has 8 heteroatoms. The number of anilines is 2. The van der Waals surface area contributed by atoms with E-state index in [1.807, 2.05) is 11.0 Å². The van der Waals surface area contributed by atoms with Crippen molar-refractivity contribution in [1.29, 1.82) is 0 Å². The molecule has 1 fully saturated rings. The molecule has 150 valence electrons. The summed E-state index contributed by atoms with van der Waals surface area (Å²) in [6.07, 6.45) is 3.22. The Bertz CT molecular complexity index is 1040. The van der Waals surface area contributed by atoms with Crippen LogP contribution in [0.4, 0.5) is 20.2 Å². The topological polar surface area (TPSA) is 66.0 Å². The molecule has 29 heavy (non-hydrogen) atoms. The van der Waals surface area contributed by atoms with Crippen LogP contribution < -0.4 is 20.4 Å². The van der Waals surface area contributed by atoms with E-state index in [4.69, 9.17) is 4.74 Å². The first-order valence-corrected chi connectivity index (χ1v) is 9.69. The molecule has 0 saturated heterocycles. The Balaban J connectivity index is 1.65. The molecule has 0 bridgehead atoms. The Kier molecular flexibility index (Phi) is 4.15. The van der Waals surface area contributed by atoms with E-state index in [1.54, 1.807) is 13.0 Å². The summed E-state index contributed by atoms with van der Waals surface area (Å²) >= 11 is 0. The van der Waals surface area contributed by atoms with E-state index in [0.29, 0.717) is 34.4 Å². The van der Waals surface area contributed by atoms with E-state index >= 15 is 0 Å². The SMILES string of the molecule is C[C@@H]1C(=O)NN=C2COc3cc(-c4ccc(F)cc4F)c(NC4CCC4)cc3N21. The predicted molar refractivity (Wildman–Crippen MR) is 106 cm³/mol. The summed E-state index contributed by atoms with van der Waals surface area (Å²) in [5.41, 5.74) is 4.82. The molecule has 5 rings (SSSR count).